The van der Waals surface area contributed by atoms with Crippen LogP contribution in [0, 0.1) is 23.7 Å². The molecule has 21 heavy (non-hydrogen) atoms. The molecule has 2 rings (SSSR count). The molecule has 0 radical (unpaired) electrons. The molecule has 0 nitrogen and oxygen atoms in total. The van der Waals surface area contributed by atoms with Crippen molar-refractivity contribution < 1.29 is 0 Å². The molecule has 0 N–H and O–H groups in total. The van der Waals surface area contributed by atoms with Crippen molar-refractivity contribution in [2.45, 2.75) is 110 Å². The van der Waals surface area contributed by atoms with Crippen LogP contribution in [-0.4, -0.2) is 0 Å². The van der Waals surface area contributed by atoms with Gasteiger partial charge in [-0.3, -0.25) is 0 Å². The summed E-state index contributed by atoms with van der Waals surface area (Å²) in [5.41, 5.74) is 0. The van der Waals surface area contributed by atoms with Gasteiger partial charge in [0.1, 0.15) is 0 Å². The third kappa shape index (κ3) is 6.33. The molecule has 0 amide bonds. The number of hydrogen-bond acceptors (Lipinski definition) is 0. The van der Waals surface area contributed by atoms with Crippen LogP contribution in [0.1, 0.15) is 110 Å². The fraction of sp³-hybridized carbons (Fsp3) is 1.00. The van der Waals surface area contributed by atoms with Crippen LogP contribution in [0.3, 0.4) is 0 Å². The van der Waals surface area contributed by atoms with Gasteiger partial charge in [-0.2, -0.15) is 0 Å². The number of hydrogen-bond donors (Lipinski definition) is 0. The van der Waals surface area contributed by atoms with Crippen molar-refractivity contribution in [3.8, 4) is 0 Å². The van der Waals surface area contributed by atoms with Gasteiger partial charge in [-0.25, -0.2) is 0 Å². The van der Waals surface area contributed by atoms with E-state index in [-0.39, 0.29) is 0 Å². The molecule has 4 unspecified atom stereocenters. The van der Waals surface area contributed by atoms with Crippen LogP contribution >= 0.6 is 0 Å². The van der Waals surface area contributed by atoms with Crippen LogP contribution in [0.4, 0.5) is 0 Å². The lowest BCUT2D eigenvalue weighted by Gasteiger charge is -2.11. The van der Waals surface area contributed by atoms with Gasteiger partial charge in [0.25, 0.3) is 0 Å². The van der Waals surface area contributed by atoms with E-state index in [9.17, 15) is 0 Å². The van der Waals surface area contributed by atoms with Gasteiger partial charge in [-0.05, 0) is 36.5 Å². The molecule has 0 aromatic carbocycles. The van der Waals surface area contributed by atoms with E-state index in [2.05, 4.69) is 13.8 Å². The second-order valence-electron chi connectivity index (χ2n) is 8.25. The highest BCUT2D eigenvalue weighted by atomic mass is 14.3. The zero-order valence-corrected chi connectivity index (χ0v) is 14.9. The molecule has 4 atom stereocenters. The fourth-order valence-electron chi connectivity index (χ4n) is 5.02. The topological polar surface area (TPSA) is 0 Å². The molecule has 0 heterocycles. The smallest absolute Gasteiger partial charge is 0.0412 e. The van der Waals surface area contributed by atoms with Crippen molar-refractivity contribution in [1.82, 2.24) is 0 Å². The Balaban J connectivity index is 1.37. The first-order valence-electron chi connectivity index (χ1n) is 10.3. The summed E-state index contributed by atoms with van der Waals surface area (Å²) in [7, 11) is 0. The van der Waals surface area contributed by atoms with Gasteiger partial charge in [0, 0.05) is 0 Å². The summed E-state index contributed by atoms with van der Waals surface area (Å²) in [4.78, 5) is 0. The molecule has 2 fully saturated rings. The molecule has 0 heteroatoms. The molecule has 0 saturated heterocycles. The Morgan fingerprint density at radius 2 is 0.905 bits per heavy atom. The molecule has 124 valence electrons. The van der Waals surface area contributed by atoms with E-state index in [1.807, 2.05) is 0 Å². The third-order valence-corrected chi connectivity index (χ3v) is 6.68. The van der Waals surface area contributed by atoms with E-state index in [1.54, 1.807) is 25.7 Å². The van der Waals surface area contributed by atoms with Crippen molar-refractivity contribution in [2.24, 2.45) is 23.7 Å². The van der Waals surface area contributed by atoms with Gasteiger partial charge in [0.2, 0.25) is 0 Å². The maximum Gasteiger partial charge on any atom is -0.0412 e. The van der Waals surface area contributed by atoms with E-state index in [0.717, 1.165) is 23.7 Å². The number of unbranched alkanes of at least 4 members (excludes halogenated alkanes) is 4. The quantitative estimate of drug-likeness (QED) is 0.369. The predicted octanol–water partition coefficient (Wildman–Crippen LogP) is 7.37. The molecular formula is C21H40. The normalized spacial score (nSPS) is 32.9. The standard InChI is InChI=1S/C21H40/c1-3-18-12-14-20(16-18)10-8-6-5-7-9-11-21-15-13-19(4-2)17-21/h18-21H,3-17H2,1-2H3. The zero-order valence-electron chi connectivity index (χ0n) is 14.9. The maximum atomic E-state index is 2.38. The molecule has 0 aliphatic heterocycles. The van der Waals surface area contributed by atoms with Crippen molar-refractivity contribution in [3.63, 3.8) is 0 Å². The summed E-state index contributed by atoms with van der Waals surface area (Å²) in [6, 6.07) is 0. The van der Waals surface area contributed by atoms with Crippen molar-refractivity contribution in [3.05, 3.63) is 0 Å². The summed E-state index contributed by atoms with van der Waals surface area (Å²) < 4.78 is 0. The average Bonchev–Trinajstić information content (AvgIpc) is 3.15. The minimum Gasteiger partial charge on any atom is -0.0651 e. The van der Waals surface area contributed by atoms with Gasteiger partial charge in [0.15, 0.2) is 0 Å². The first-order valence-corrected chi connectivity index (χ1v) is 10.3. The van der Waals surface area contributed by atoms with Crippen LogP contribution in [-0.2, 0) is 0 Å². The second kappa shape index (κ2) is 9.90. The van der Waals surface area contributed by atoms with Crippen molar-refractivity contribution in [2.75, 3.05) is 0 Å². The Morgan fingerprint density at radius 3 is 1.29 bits per heavy atom. The van der Waals surface area contributed by atoms with E-state index >= 15 is 0 Å². The highest BCUT2D eigenvalue weighted by molar-refractivity contribution is 4.75. The summed E-state index contributed by atoms with van der Waals surface area (Å²) in [5, 5.41) is 0. The lowest BCUT2D eigenvalue weighted by molar-refractivity contribution is 0.419. The summed E-state index contributed by atoms with van der Waals surface area (Å²) >= 11 is 0. The zero-order chi connectivity index (χ0) is 14.9. The van der Waals surface area contributed by atoms with Crippen LogP contribution in [0.15, 0.2) is 0 Å². The Hall–Kier alpha value is 0. The first-order chi connectivity index (χ1) is 10.3. The predicted molar refractivity (Wildman–Crippen MR) is 94.6 cm³/mol. The fourth-order valence-corrected chi connectivity index (χ4v) is 5.02. The monoisotopic (exact) mass is 292 g/mol. The Morgan fingerprint density at radius 1 is 0.524 bits per heavy atom. The molecule has 2 aliphatic carbocycles. The van der Waals surface area contributed by atoms with E-state index in [4.69, 9.17) is 0 Å². The molecular weight excluding hydrogens is 252 g/mol. The molecule has 0 aromatic heterocycles. The highest BCUT2D eigenvalue weighted by Crippen LogP contribution is 2.37. The maximum absolute atomic E-state index is 2.38. The van der Waals surface area contributed by atoms with Crippen LogP contribution in [0.5, 0.6) is 0 Å². The first kappa shape index (κ1) is 17.4. The Kier molecular flexibility index (Phi) is 8.19. The molecule has 0 bridgehead atoms. The van der Waals surface area contributed by atoms with Gasteiger partial charge >= 0.3 is 0 Å². The van der Waals surface area contributed by atoms with Gasteiger partial charge in [-0.15, -0.1) is 0 Å². The summed E-state index contributed by atoms with van der Waals surface area (Å²) in [5.74, 6) is 4.35. The average molecular weight is 293 g/mol. The van der Waals surface area contributed by atoms with Crippen molar-refractivity contribution >= 4 is 0 Å². The lowest BCUT2D eigenvalue weighted by Crippen LogP contribution is -1.97. The van der Waals surface area contributed by atoms with E-state index in [0.29, 0.717) is 0 Å². The third-order valence-electron chi connectivity index (χ3n) is 6.68. The van der Waals surface area contributed by atoms with E-state index in [1.165, 1.54) is 70.6 Å². The molecule has 0 aromatic rings. The van der Waals surface area contributed by atoms with Gasteiger partial charge < -0.3 is 0 Å². The van der Waals surface area contributed by atoms with Gasteiger partial charge in [-0.1, -0.05) is 97.3 Å². The SMILES string of the molecule is CCC1CCC(CCCCCCCC2CCC(CC)C2)C1. The minimum absolute atomic E-state index is 1.08. The summed E-state index contributed by atoms with van der Waals surface area (Å²) in [6.45, 7) is 4.75. The van der Waals surface area contributed by atoms with Gasteiger partial charge in [0.05, 0.1) is 0 Å². The van der Waals surface area contributed by atoms with Crippen LogP contribution < -0.4 is 0 Å². The second-order valence-corrected chi connectivity index (χ2v) is 8.25. The highest BCUT2D eigenvalue weighted by Gasteiger charge is 2.23. The van der Waals surface area contributed by atoms with Crippen LogP contribution in [0.25, 0.3) is 0 Å². The lowest BCUT2D eigenvalue weighted by atomic mass is 9.95. The Labute approximate surface area is 134 Å². The summed E-state index contributed by atoms with van der Waals surface area (Å²) in [6.07, 6.45) is 22.7. The number of rotatable bonds is 10. The van der Waals surface area contributed by atoms with E-state index < -0.39 is 0 Å². The van der Waals surface area contributed by atoms with Crippen molar-refractivity contribution in [1.29, 1.82) is 0 Å². The molecule has 2 aliphatic rings. The Bertz CT molecular complexity index is 231. The molecule has 2 saturated carbocycles. The largest absolute Gasteiger partial charge is 0.0651 e. The van der Waals surface area contributed by atoms with Crippen LogP contribution in [0.2, 0.25) is 0 Å². The molecule has 0 spiro atoms. The minimum atomic E-state index is 1.08.